The average Bonchev–Trinajstić information content (AvgIpc) is 3.27. The number of unbranched alkanes of at least 4 members (excludes halogenated alkanes) is 12. The smallest absolute Gasteiger partial charge is 0.748 e. The normalized spacial score (nSPS) is 12.6. The van der Waals surface area contributed by atoms with Gasteiger partial charge in [-0.15, -0.1) is 0 Å². The van der Waals surface area contributed by atoms with Gasteiger partial charge in [0.05, 0.1) is 26.0 Å². The number of aromatic nitrogens is 2. The van der Waals surface area contributed by atoms with Crippen molar-refractivity contribution in [3.63, 3.8) is 0 Å². The summed E-state index contributed by atoms with van der Waals surface area (Å²) in [5.74, 6) is 0.421. The van der Waals surface area contributed by atoms with E-state index in [9.17, 15) is 25.9 Å². The van der Waals surface area contributed by atoms with E-state index in [2.05, 4.69) is 16.9 Å². The van der Waals surface area contributed by atoms with Gasteiger partial charge in [-0.05, 0) is 48.7 Å². The number of nitrogens with zero attached hydrogens (tertiary/aromatic N) is 1. The van der Waals surface area contributed by atoms with Crippen LogP contribution in [0.2, 0.25) is 0 Å². The quantitative estimate of drug-likeness (QED) is 0.0882. The van der Waals surface area contributed by atoms with Crippen LogP contribution in [0.4, 0.5) is 0 Å². The number of imidazole rings is 1. The fraction of sp³-hybridized carbons (Fsp3) is 0.714. The molecule has 41 heavy (non-hydrogen) atoms. The Kier molecular flexibility index (Phi) is 23.4. The standard InChI is InChI=1S/C28H46N2O6S3.2K/c1-3-4-5-6-7-8-9-10-11-12-13-14-15-16-24(37)19-23-20-25(39(34,35)36)21-26-28(23)30-27(29-26)18-17-22(2)38(31,32)33;;/h20-22H,3-19H2,1-2H3,(H,29,30)(H,31,32,33)(H,34,35,36);;/q;2*+1/p-2. The largest absolute Gasteiger partial charge is 1.00 e. The van der Waals surface area contributed by atoms with Gasteiger partial charge >= 0.3 is 103 Å². The Morgan fingerprint density at radius 1 is 0.878 bits per heavy atom. The van der Waals surface area contributed by atoms with E-state index in [1.807, 2.05) is 0 Å². The van der Waals surface area contributed by atoms with Crippen LogP contribution in [0.3, 0.4) is 0 Å². The van der Waals surface area contributed by atoms with Crippen LogP contribution >= 0.6 is 12.2 Å². The van der Waals surface area contributed by atoms with Crippen molar-refractivity contribution >= 4 is 48.4 Å². The molecule has 1 atom stereocenters. The van der Waals surface area contributed by atoms with E-state index in [0.717, 1.165) is 24.1 Å². The second-order valence-corrected chi connectivity index (χ2v) is 14.4. The Labute approximate surface area is 338 Å². The number of H-pyrrole nitrogens is 1. The molecule has 0 aliphatic rings. The van der Waals surface area contributed by atoms with Gasteiger partial charge in [-0.3, -0.25) is 0 Å². The average molecular weight is 679 g/mol. The fourth-order valence-electron chi connectivity index (χ4n) is 4.73. The molecule has 0 bridgehead atoms. The van der Waals surface area contributed by atoms with E-state index in [4.69, 9.17) is 12.2 Å². The number of hydrogen-bond donors (Lipinski definition) is 1. The zero-order valence-electron chi connectivity index (χ0n) is 25.4. The molecule has 13 heteroatoms. The van der Waals surface area contributed by atoms with Crippen LogP contribution < -0.4 is 103 Å². The number of fused-ring (bicyclic) bond motifs is 1. The number of rotatable bonds is 21. The first kappa shape index (κ1) is 42.9. The summed E-state index contributed by atoms with van der Waals surface area (Å²) >= 11 is 5.59. The number of aryl methyl sites for hydroxylation is 1. The summed E-state index contributed by atoms with van der Waals surface area (Å²) in [6, 6.07) is 2.57. The van der Waals surface area contributed by atoms with Crippen LogP contribution in [0.15, 0.2) is 17.0 Å². The molecule has 1 aromatic carbocycles. The number of benzene rings is 1. The molecule has 2 aromatic rings. The summed E-state index contributed by atoms with van der Waals surface area (Å²) in [5.41, 5.74) is 1.43. The summed E-state index contributed by atoms with van der Waals surface area (Å²) in [5, 5.41) is -1.07. The van der Waals surface area contributed by atoms with E-state index in [-0.39, 0.29) is 121 Å². The molecule has 1 aromatic heterocycles. The van der Waals surface area contributed by atoms with E-state index < -0.39 is 25.5 Å². The first-order valence-corrected chi connectivity index (χ1v) is 17.6. The van der Waals surface area contributed by atoms with Crippen LogP contribution in [-0.2, 0) is 33.1 Å². The van der Waals surface area contributed by atoms with Crippen molar-refractivity contribution in [2.45, 2.75) is 133 Å². The molecule has 8 nitrogen and oxygen atoms in total. The van der Waals surface area contributed by atoms with Crippen LogP contribution in [0.5, 0.6) is 0 Å². The molecular formula is C28H44K2N2O6S3. The van der Waals surface area contributed by atoms with Crippen LogP contribution in [-0.4, -0.2) is 46.0 Å². The minimum atomic E-state index is -4.69. The maximum absolute atomic E-state index is 11.7. The number of thiocarbonyl (C=S) groups is 1. The molecular weight excluding hydrogens is 635 g/mol. The van der Waals surface area contributed by atoms with Gasteiger partial charge in [0.2, 0.25) is 0 Å². The van der Waals surface area contributed by atoms with Crippen LogP contribution in [0, 0.1) is 0 Å². The van der Waals surface area contributed by atoms with Gasteiger partial charge in [-0.2, -0.15) is 0 Å². The zero-order chi connectivity index (χ0) is 28.9. The van der Waals surface area contributed by atoms with Crippen molar-refractivity contribution in [2.75, 3.05) is 0 Å². The molecule has 0 saturated heterocycles. The van der Waals surface area contributed by atoms with E-state index in [1.54, 1.807) is 0 Å². The van der Waals surface area contributed by atoms with Crippen LogP contribution in [0.1, 0.15) is 122 Å². The SMILES string of the molecule is CCCCCCCCCCCCCCCC(=S)Cc1cc(S(=O)(=O)[O-])cc2[nH]c(CCC(C)S(=O)(=O)[O-])nc12.[K+].[K+]. The van der Waals surface area contributed by atoms with Crippen LogP contribution in [0.25, 0.3) is 11.0 Å². The maximum atomic E-state index is 11.7. The fourth-order valence-corrected chi connectivity index (χ4v) is 5.99. The van der Waals surface area contributed by atoms with Gasteiger partial charge in [0.25, 0.3) is 0 Å². The van der Waals surface area contributed by atoms with Crippen molar-refractivity contribution in [3.8, 4) is 0 Å². The number of hydrogen-bond acceptors (Lipinski definition) is 8. The molecule has 222 valence electrons. The van der Waals surface area contributed by atoms with Gasteiger partial charge in [-0.1, -0.05) is 96.2 Å². The molecule has 0 amide bonds. The first-order chi connectivity index (χ1) is 18.4. The first-order valence-electron chi connectivity index (χ1n) is 14.4. The Morgan fingerprint density at radius 3 is 1.88 bits per heavy atom. The maximum Gasteiger partial charge on any atom is 1.00 e. The molecule has 0 radical (unpaired) electrons. The van der Waals surface area contributed by atoms with E-state index in [0.29, 0.717) is 28.8 Å². The monoisotopic (exact) mass is 678 g/mol. The molecule has 1 unspecified atom stereocenters. The summed E-state index contributed by atoms with van der Waals surface area (Å²) in [7, 11) is -9.10. The van der Waals surface area contributed by atoms with Crippen molar-refractivity contribution in [3.05, 3.63) is 23.5 Å². The summed E-state index contributed by atoms with van der Waals surface area (Å²) in [4.78, 5) is 7.89. The van der Waals surface area contributed by atoms with Gasteiger partial charge in [0.15, 0.2) is 0 Å². The van der Waals surface area contributed by atoms with Gasteiger partial charge in [-0.25, -0.2) is 21.8 Å². The molecule has 2 rings (SSSR count). The Morgan fingerprint density at radius 2 is 1.39 bits per heavy atom. The van der Waals surface area contributed by atoms with Crippen molar-refractivity contribution < 1.29 is 129 Å². The van der Waals surface area contributed by atoms with Gasteiger partial charge in [0, 0.05) is 18.1 Å². The third-order valence-corrected chi connectivity index (χ3v) is 9.59. The van der Waals surface area contributed by atoms with E-state index >= 15 is 0 Å². The van der Waals surface area contributed by atoms with Crippen molar-refractivity contribution in [1.82, 2.24) is 9.97 Å². The molecule has 0 saturated carbocycles. The Hall–Kier alpha value is 1.87. The molecule has 0 spiro atoms. The number of aromatic amines is 1. The number of nitrogens with one attached hydrogen (secondary N) is 1. The molecule has 1 heterocycles. The summed E-state index contributed by atoms with van der Waals surface area (Å²) < 4.78 is 68.8. The molecule has 1 N–H and O–H groups in total. The predicted molar refractivity (Wildman–Crippen MR) is 158 cm³/mol. The molecule has 0 fully saturated rings. The zero-order valence-corrected chi connectivity index (χ0v) is 34.1. The molecule has 0 aliphatic carbocycles. The van der Waals surface area contributed by atoms with Crippen molar-refractivity contribution in [2.24, 2.45) is 0 Å². The Balaban J connectivity index is 0.00000800. The summed E-state index contributed by atoms with van der Waals surface area (Å²) in [6.45, 7) is 3.58. The summed E-state index contributed by atoms with van der Waals surface area (Å²) in [6.07, 6.45) is 17.8. The Bertz CT molecular complexity index is 1270. The third-order valence-electron chi connectivity index (χ3n) is 7.20. The van der Waals surface area contributed by atoms with Gasteiger partial charge in [0.1, 0.15) is 15.9 Å². The topological polar surface area (TPSA) is 143 Å². The predicted octanol–water partition coefficient (Wildman–Crippen LogP) is 0.735. The second-order valence-electron chi connectivity index (χ2n) is 10.7. The van der Waals surface area contributed by atoms with E-state index in [1.165, 1.54) is 89.7 Å². The minimum Gasteiger partial charge on any atom is -0.748 e. The molecule has 0 aliphatic heterocycles. The van der Waals surface area contributed by atoms with Gasteiger partial charge < -0.3 is 14.1 Å². The third kappa shape index (κ3) is 17.4. The van der Waals surface area contributed by atoms with Crippen molar-refractivity contribution in [1.29, 1.82) is 0 Å². The second kappa shape index (κ2) is 22.4. The minimum absolute atomic E-state index is 0.